The minimum Gasteiger partial charge on any atom is -0.266 e. The second-order valence-corrected chi connectivity index (χ2v) is 3.85. The minimum absolute atomic E-state index is 0.611. The fourth-order valence-electron chi connectivity index (χ4n) is 1.18. The summed E-state index contributed by atoms with van der Waals surface area (Å²) in [6.45, 7) is 2.11. The molecule has 1 aliphatic heterocycles. The van der Waals surface area contributed by atoms with Crippen LogP contribution in [0.2, 0.25) is 0 Å². The van der Waals surface area contributed by atoms with Crippen LogP contribution in [0.15, 0.2) is 9.98 Å². The lowest BCUT2D eigenvalue weighted by Gasteiger charge is -2.03. The summed E-state index contributed by atoms with van der Waals surface area (Å²) < 4.78 is 1.27. The van der Waals surface area contributed by atoms with E-state index in [1.807, 2.05) is 0 Å². The third kappa shape index (κ3) is 1.00. The van der Waals surface area contributed by atoms with Crippen molar-refractivity contribution in [2.75, 3.05) is 0 Å². The van der Waals surface area contributed by atoms with E-state index in [4.69, 9.17) is 0 Å². The molecule has 1 saturated carbocycles. The van der Waals surface area contributed by atoms with Crippen molar-refractivity contribution in [1.82, 2.24) is 0 Å². The Morgan fingerprint density at radius 3 is 3.10 bits per heavy atom. The minimum atomic E-state index is 0.611. The van der Waals surface area contributed by atoms with E-state index in [2.05, 4.69) is 39.5 Å². The average molecular weight is 248 g/mol. The fourth-order valence-corrected chi connectivity index (χ4v) is 2.12. The summed E-state index contributed by atoms with van der Waals surface area (Å²) in [5, 5.41) is 0. The van der Waals surface area contributed by atoms with Gasteiger partial charge in [0.25, 0.3) is 0 Å². The Morgan fingerprint density at radius 2 is 2.50 bits per heavy atom. The van der Waals surface area contributed by atoms with Crippen molar-refractivity contribution in [1.29, 1.82) is 0 Å². The Balaban J connectivity index is 2.23. The van der Waals surface area contributed by atoms with Gasteiger partial charge in [-0.15, -0.1) is 0 Å². The third-order valence-electron chi connectivity index (χ3n) is 1.93. The van der Waals surface area contributed by atoms with Gasteiger partial charge in [-0.25, -0.2) is 4.99 Å². The molecule has 1 unspecified atom stereocenters. The molecule has 0 aromatic rings. The number of hydrogen-bond acceptors (Lipinski definition) is 2. The molecule has 0 aromatic carbocycles. The summed E-state index contributed by atoms with van der Waals surface area (Å²) in [6, 6.07) is 0.611. The van der Waals surface area contributed by atoms with E-state index in [-0.39, 0.29) is 0 Å². The molecular weight excluding hydrogens is 239 g/mol. The molecule has 2 atom stereocenters. The molecule has 0 spiro atoms. The zero-order valence-electron chi connectivity index (χ0n) is 5.84. The number of rotatable bonds is 1. The van der Waals surface area contributed by atoms with Gasteiger partial charge in [0.05, 0.1) is 9.76 Å². The fraction of sp³-hybridized carbons (Fsp3) is 0.714. The number of aliphatic imine (C=N–C) groups is 2. The molecule has 0 saturated heterocycles. The molecule has 0 amide bonds. The first-order valence-electron chi connectivity index (χ1n) is 3.62. The number of hydrogen-bond donors (Lipinski definition) is 0. The van der Waals surface area contributed by atoms with Crippen LogP contribution >= 0.6 is 22.6 Å². The average Bonchev–Trinajstić information content (AvgIpc) is 2.66. The maximum absolute atomic E-state index is 4.45. The highest BCUT2D eigenvalue weighted by Crippen LogP contribution is 2.40. The molecule has 2 nitrogen and oxygen atoms in total. The molecule has 0 N–H and O–H groups in total. The van der Waals surface area contributed by atoms with Gasteiger partial charge in [0.2, 0.25) is 0 Å². The number of amidine groups is 1. The Labute approximate surface area is 74.0 Å². The standard InChI is InChI=1S/C7H9IN2/c1-2-6-9-5-3-4(5)7(8)10-6/h4-5H,2-3H2,1H3/t4?,5-/m0/s1. The van der Waals surface area contributed by atoms with Crippen LogP contribution < -0.4 is 0 Å². The van der Waals surface area contributed by atoms with Gasteiger partial charge in [-0.2, -0.15) is 0 Å². The topological polar surface area (TPSA) is 24.7 Å². The predicted octanol–water partition coefficient (Wildman–Crippen LogP) is 2.03. The Morgan fingerprint density at radius 1 is 1.70 bits per heavy atom. The number of nitrogens with zero attached hydrogens (tertiary/aromatic N) is 2. The van der Waals surface area contributed by atoms with Crippen molar-refractivity contribution >= 4 is 32.1 Å². The van der Waals surface area contributed by atoms with Crippen molar-refractivity contribution in [3.8, 4) is 0 Å². The highest BCUT2D eigenvalue weighted by Gasteiger charge is 2.42. The lowest BCUT2D eigenvalue weighted by Crippen LogP contribution is -2.07. The second kappa shape index (κ2) is 2.29. The van der Waals surface area contributed by atoms with Crippen molar-refractivity contribution in [3.05, 3.63) is 0 Å². The van der Waals surface area contributed by atoms with Gasteiger partial charge in [0.1, 0.15) is 5.84 Å². The first kappa shape index (κ1) is 6.76. The van der Waals surface area contributed by atoms with Gasteiger partial charge in [0, 0.05) is 12.3 Å². The van der Waals surface area contributed by atoms with Crippen LogP contribution in [0.1, 0.15) is 19.8 Å². The lowest BCUT2D eigenvalue weighted by molar-refractivity contribution is 0.975. The molecule has 3 heteroatoms. The summed E-state index contributed by atoms with van der Waals surface area (Å²) in [5.41, 5.74) is 0. The summed E-state index contributed by atoms with van der Waals surface area (Å²) >= 11 is 2.33. The number of halogens is 1. The van der Waals surface area contributed by atoms with Crippen LogP contribution in [0.25, 0.3) is 0 Å². The van der Waals surface area contributed by atoms with Crippen molar-refractivity contribution < 1.29 is 0 Å². The first-order chi connectivity index (χ1) is 4.81. The van der Waals surface area contributed by atoms with Gasteiger partial charge in [-0.1, -0.05) is 6.92 Å². The Hall–Kier alpha value is 0.0700. The van der Waals surface area contributed by atoms with Crippen molar-refractivity contribution in [2.24, 2.45) is 15.9 Å². The highest BCUT2D eigenvalue weighted by molar-refractivity contribution is 14.1. The van der Waals surface area contributed by atoms with Crippen LogP contribution in [-0.2, 0) is 0 Å². The van der Waals surface area contributed by atoms with Gasteiger partial charge in [0.15, 0.2) is 0 Å². The van der Waals surface area contributed by atoms with Crippen LogP contribution in [0.4, 0.5) is 0 Å². The normalized spacial score (nSPS) is 36.2. The van der Waals surface area contributed by atoms with E-state index >= 15 is 0 Å². The van der Waals surface area contributed by atoms with Gasteiger partial charge in [-0.3, -0.25) is 4.99 Å². The van der Waals surface area contributed by atoms with Crippen LogP contribution in [0, 0.1) is 5.92 Å². The SMILES string of the molecule is CCC1=N[C@H]2CC2C(I)=N1. The Bertz CT molecular complexity index is 220. The molecule has 0 aromatic heterocycles. The van der Waals surface area contributed by atoms with Crippen LogP contribution in [0.3, 0.4) is 0 Å². The lowest BCUT2D eigenvalue weighted by atomic mass is 10.3. The molecule has 0 radical (unpaired) electrons. The zero-order valence-corrected chi connectivity index (χ0v) is 8.00. The van der Waals surface area contributed by atoms with Gasteiger partial charge < -0.3 is 0 Å². The van der Waals surface area contributed by atoms with E-state index in [9.17, 15) is 0 Å². The molecule has 0 bridgehead atoms. The smallest absolute Gasteiger partial charge is 0.124 e. The first-order valence-corrected chi connectivity index (χ1v) is 4.70. The van der Waals surface area contributed by atoms with E-state index in [0.29, 0.717) is 12.0 Å². The Kier molecular flexibility index (Phi) is 1.55. The van der Waals surface area contributed by atoms with Crippen LogP contribution in [0.5, 0.6) is 0 Å². The molecule has 10 heavy (non-hydrogen) atoms. The van der Waals surface area contributed by atoms with Gasteiger partial charge in [-0.05, 0) is 29.0 Å². The molecule has 1 heterocycles. The quantitative estimate of drug-likeness (QED) is 0.634. The highest BCUT2D eigenvalue weighted by atomic mass is 127. The monoisotopic (exact) mass is 248 g/mol. The second-order valence-electron chi connectivity index (χ2n) is 2.74. The largest absolute Gasteiger partial charge is 0.266 e. The maximum atomic E-state index is 4.45. The third-order valence-corrected chi connectivity index (χ3v) is 2.97. The molecule has 1 aliphatic carbocycles. The van der Waals surface area contributed by atoms with Crippen LogP contribution in [-0.4, -0.2) is 15.6 Å². The zero-order chi connectivity index (χ0) is 7.14. The van der Waals surface area contributed by atoms with Crippen molar-refractivity contribution in [2.45, 2.75) is 25.8 Å². The molecule has 2 rings (SSSR count). The number of fused-ring (bicyclic) bond motifs is 1. The summed E-state index contributed by atoms with van der Waals surface area (Å²) in [6.07, 6.45) is 2.22. The van der Waals surface area contributed by atoms with E-state index in [1.54, 1.807) is 0 Å². The van der Waals surface area contributed by atoms with E-state index < -0.39 is 0 Å². The van der Waals surface area contributed by atoms with E-state index in [1.165, 1.54) is 10.1 Å². The summed E-state index contributed by atoms with van der Waals surface area (Å²) in [5.74, 6) is 1.75. The molecule has 2 aliphatic rings. The summed E-state index contributed by atoms with van der Waals surface area (Å²) in [4.78, 5) is 8.83. The summed E-state index contributed by atoms with van der Waals surface area (Å²) in [7, 11) is 0. The predicted molar refractivity (Wildman–Crippen MR) is 51.1 cm³/mol. The molecule has 54 valence electrons. The van der Waals surface area contributed by atoms with Gasteiger partial charge >= 0.3 is 0 Å². The molecule has 1 fully saturated rings. The molecular formula is C7H9IN2. The maximum Gasteiger partial charge on any atom is 0.124 e. The van der Waals surface area contributed by atoms with E-state index in [0.717, 1.165) is 12.3 Å². The van der Waals surface area contributed by atoms with Crippen molar-refractivity contribution in [3.63, 3.8) is 0 Å².